The number of aromatic amines is 1. The maximum absolute atomic E-state index is 13.5. The van der Waals surface area contributed by atoms with Crippen molar-refractivity contribution >= 4 is 23.1 Å². The molecular weight excluding hydrogens is 418 g/mol. The number of para-hydroxylation sites is 1. The second-order valence-corrected chi connectivity index (χ2v) is 7.13. The molecule has 0 bridgehead atoms. The van der Waals surface area contributed by atoms with E-state index in [0.29, 0.717) is 33.7 Å². The van der Waals surface area contributed by atoms with Crippen LogP contribution in [0.3, 0.4) is 0 Å². The van der Waals surface area contributed by atoms with Gasteiger partial charge < -0.3 is 0 Å². The Hall–Kier alpha value is -5.10. The maximum atomic E-state index is 13.5. The normalized spacial score (nSPS) is 11.1. The Morgan fingerprint density at radius 2 is 1.70 bits per heavy atom. The van der Waals surface area contributed by atoms with E-state index in [4.69, 9.17) is 10.2 Å². The Kier molecular flexibility index (Phi) is 4.93. The number of hydrogen-bond donors (Lipinski definition) is 1. The Balaban J connectivity index is 1.69. The molecule has 33 heavy (non-hydrogen) atoms. The predicted molar refractivity (Wildman–Crippen MR) is 123 cm³/mol. The van der Waals surface area contributed by atoms with Crippen LogP contribution in [0, 0.1) is 11.3 Å². The topological polar surface area (TPSA) is 122 Å². The number of nitrogens with one attached hydrogen (secondary N) is 1. The molecule has 2 aromatic heterocycles. The Morgan fingerprint density at radius 3 is 2.45 bits per heavy atom. The summed E-state index contributed by atoms with van der Waals surface area (Å²) in [5, 5.41) is 19.0. The van der Waals surface area contributed by atoms with Gasteiger partial charge in [-0.05, 0) is 64.5 Å². The van der Waals surface area contributed by atoms with Crippen LogP contribution >= 0.6 is 0 Å². The number of benzene rings is 3. The van der Waals surface area contributed by atoms with Gasteiger partial charge in [0.25, 0.3) is 5.56 Å². The number of nitrogens with zero attached hydrogens (tertiary/aromatic N) is 6. The molecule has 0 spiro atoms. The summed E-state index contributed by atoms with van der Waals surface area (Å²) >= 11 is 0. The number of H-pyrrole nitrogens is 1. The van der Waals surface area contributed by atoms with Crippen LogP contribution in [0.5, 0.6) is 0 Å². The number of hydrogen-bond acceptors (Lipinski definition) is 6. The van der Waals surface area contributed by atoms with Crippen molar-refractivity contribution in [3.63, 3.8) is 0 Å². The molecule has 0 radical (unpaired) electrons. The summed E-state index contributed by atoms with van der Waals surface area (Å²) in [6.07, 6.45) is 3.56. The van der Waals surface area contributed by atoms with Crippen LogP contribution in [0.25, 0.3) is 34.4 Å². The van der Waals surface area contributed by atoms with Gasteiger partial charge in [-0.3, -0.25) is 9.36 Å². The molecule has 5 aromatic rings. The van der Waals surface area contributed by atoms with Crippen molar-refractivity contribution in [3.8, 4) is 17.4 Å². The van der Waals surface area contributed by atoms with Crippen molar-refractivity contribution < 1.29 is 0 Å². The van der Waals surface area contributed by atoms with Gasteiger partial charge in [-0.1, -0.05) is 36.4 Å². The molecule has 9 nitrogen and oxygen atoms in total. The first-order valence-corrected chi connectivity index (χ1v) is 9.95. The van der Waals surface area contributed by atoms with Crippen LogP contribution in [0.2, 0.25) is 0 Å². The Labute approximate surface area is 186 Å². The SMILES string of the molecule is N#Cc1ccc(C=Cc2nc3ccccc3c(=O)n2-c2cccc(-n3nn[nH]c3=O)c2)cc1. The molecule has 5 rings (SSSR count). The summed E-state index contributed by atoms with van der Waals surface area (Å²) < 4.78 is 2.59. The highest BCUT2D eigenvalue weighted by molar-refractivity contribution is 5.80. The minimum absolute atomic E-state index is 0.246. The molecule has 0 amide bonds. The summed E-state index contributed by atoms with van der Waals surface area (Å²) in [7, 11) is 0. The van der Waals surface area contributed by atoms with Crippen molar-refractivity contribution in [2.24, 2.45) is 0 Å². The predicted octanol–water partition coefficient (Wildman–Crippen LogP) is 2.70. The molecule has 0 aliphatic heterocycles. The molecule has 3 aromatic carbocycles. The minimum atomic E-state index is -0.489. The smallest absolute Gasteiger partial charge is 0.268 e. The van der Waals surface area contributed by atoms with Gasteiger partial charge in [-0.15, -0.1) is 0 Å². The van der Waals surface area contributed by atoms with Gasteiger partial charge in [0.1, 0.15) is 5.82 Å². The van der Waals surface area contributed by atoms with E-state index in [0.717, 1.165) is 10.2 Å². The summed E-state index contributed by atoms with van der Waals surface area (Å²) in [6.45, 7) is 0. The fourth-order valence-corrected chi connectivity index (χ4v) is 3.48. The van der Waals surface area contributed by atoms with E-state index in [1.54, 1.807) is 60.7 Å². The molecule has 0 fully saturated rings. The largest absolute Gasteiger partial charge is 0.365 e. The lowest BCUT2D eigenvalue weighted by Crippen LogP contribution is -2.23. The van der Waals surface area contributed by atoms with Crippen LogP contribution < -0.4 is 11.2 Å². The quantitative estimate of drug-likeness (QED) is 0.465. The highest BCUT2D eigenvalue weighted by Gasteiger charge is 2.13. The summed E-state index contributed by atoms with van der Waals surface area (Å²) in [4.78, 5) is 30.1. The molecule has 0 unspecified atom stereocenters. The highest BCUT2D eigenvalue weighted by atomic mass is 16.2. The van der Waals surface area contributed by atoms with Gasteiger partial charge in [-0.25, -0.2) is 14.9 Å². The van der Waals surface area contributed by atoms with Crippen molar-refractivity contribution in [1.82, 2.24) is 29.8 Å². The highest BCUT2D eigenvalue weighted by Crippen LogP contribution is 2.17. The fraction of sp³-hybridized carbons (Fsp3) is 0. The van der Waals surface area contributed by atoms with Crippen molar-refractivity contribution in [2.45, 2.75) is 0 Å². The second-order valence-electron chi connectivity index (χ2n) is 7.13. The number of tetrazole rings is 1. The van der Waals surface area contributed by atoms with Crippen LogP contribution in [0.15, 0.2) is 82.4 Å². The van der Waals surface area contributed by atoms with E-state index in [1.165, 1.54) is 4.57 Å². The molecule has 0 saturated heterocycles. The van der Waals surface area contributed by atoms with Gasteiger partial charge >= 0.3 is 5.69 Å². The fourth-order valence-electron chi connectivity index (χ4n) is 3.48. The summed E-state index contributed by atoms with van der Waals surface area (Å²) in [6, 6.07) is 23.1. The number of aromatic nitrogens is 6. The van der Waals surface area contributed by atoms with Gasteiger partial charge in [0.2, 0.25) is 0 Å². The molecule has 158 valence electrons. The standard InChI is InChI=1S/C24H15N7O2/c25-15-17-10-8-16(9-11-17)12-13-22-26-21-7-2-1-6-20(21)23(32)30(22)18-4-3-5-19(14-18)31-24(33)27-28-29-31/h1-14H,(H,27,29,33). The lowest BCUT2D eigenvalue weighted by molar-refractivity contribution is 0.778. The van der Waals surface area contributed by atoms with Gasteiger partial charge in [0, 0.05) is 0 Å². The van der Waals surface area contributed by atoms with Crippen LogP contribution in [-0.4, -0.2) is 29.8 Å². The Morgan fingerprint density at radius 1 is 0.909 bits per heavy atom. The first-order chi connectivity index (χ1) is 16.1. The maximum Gasteiger partial charge on any atom is 0.365 e. The monoisotopic (exact) mass is 433 g/mol. The van der Waals surface area contributed by atoms with E-state index in [1.807, 2.05) is 24.3 Å². The zero-order valence-corrected chi connectivity index (χ0v) is 17.1. The van der Waals surface area contributed by atoms with Crippen LogP contribution in [0.1, 0.15) is 17.0 Å². The molecule has 2 heterocycles. The average molecular weight is 433 g/mol. The van der Waals surface area contributed by atoms with Crippen molar-refractivity contribution in [1.29, 1.82) is 5.26 Å². The molecule has 0 aliphatic rings. The first-order valence-electron chi connectivity index (χ1n) is 9.95. The minimum Gasteiger partial charge on any atom is -0.268 e. The zero-order chi connectivity index (χ0) is 22.8. The summed E-state index contributed by atoms with van der Waals surface area (Å²) in [5.74, 6) is 0.410. The summed E-state index contributed by atoms with van der Waals surface area (Å²) in [5.41, 5.74) is 2.22. The van der Waals surface area contributed by atoms with E-state index >= 15 is 0 Å². The molecule has 0 saturated carbocycles. The van der Waals surface area contributed by atoms with Crippen LogP contribution in [0.4, 0.5) is 0 Å². The third-order valence-electron chi connectivity index (χ3n) is 5.07. The lowest BCUT2D eigenvalue weighted by atomic mass is 10.1. The molecule has 1 N–H and O–H groups in total. The first kappa shape index (κ1) is 19.8. The van der Waals surface area contributed by atoms with Gasteiger partial charge in [0.05, 0.1) is 33.9 Å². The Bertz CT molecular complexity index is 1670. The van der Waals surface area contributed by atoms with Crippen molar-refractivity contribution in [2.75, 3.05) is 0 Å². The molecule has 9 heteroatoms. The average Bonchev–Trinajstić information content (AvgIpc) is 3.29. The van der Waals surface area contributed by atoms with E-state index in [-0.39, 0.29) is 5.56 Å². The van der Waals surface area contributed by atoms with Gasteiger partial charge in [-0.2, -0.15) is 9.94 Å². The molecule has 0 aliphatic carbocycles. The third kappa shape index (κ3) is 3.73. The third-order valence-corrected chi connectivity index (χ3v) is 5.07. The van der Waals surface area contributed by atoms with Gasteiger partial charge in [0.15, 0.2) is 0 Å². The molecular formula is C24H15N7O2. The van der Waals surface area contributed by atoms with Crippen LogP contribution in [-0.2, 0) is 0 Å². The second kappa shape index (κ2) is 8.20. The molecule has 0 atom stereocenters. The van der Waals surface area contributed by atoms with E-state index < -0.39 is 5.69 Å². The van der Waals surface area contributed by atoms with Crippen molar-refractivity contribution in [3.05, 3.63) is 111 Å². The van der Waals surface area contributed by atoms with E-state index in [9.17, 15) is 9.59 Å². The van der Waals surface area contributed by atoms with E-state index in [2.05, 4.69) is 21.6 Å². The lowest BCUT2D eigenvalue weighted by Gasteiger charge is -2.12. The zero-order valence-electron chi connectivity index (χ0n) is 17.1. The number of nitriles is 1. The number of rotatable bonds is 4. The number of fused-ring (bicyclic) bond motifs is 1.